The minimum absolute atomic E-state index is 0.110. The average molecular weight is 699 g/mol. The van der Waals surface area contributed by atoms with Crippen LogP contribution >= 0.6 is 22.6 Å². The summed E-state index contributed by atoms with van der Waals surface area (Å²) >= 11 is 2.09. The summed E-state index contributed by atoms with van der Waals surface area (Å²) in [6, 6.07) is 13.3. The molecule has 0 aromatic heterocycles. The number of nitrogens with zero attached hydrogens (tertiary/aromatic N) is 1. The van der Waals surface area contributed by atoms with Gasteiger partial charge < -0.3 is 24.3 Å². The van der Waals surface area contributed by atoms with Gasteiger partial charge in [0.1, 0.15) is 12.4 Å². The Labute approximate surface area is 267 Å². The van der Waals surface area contributed by atoms with Gasteiger partial charge in [0.2, 0.25) is 11.8 Å². The molecule has 228 valence electrons. The lowest BCUT2D eigenvalue weighted by atomic mass is 9.58. The van der Waals surface area contributed by atoms with E-state index in [4.69, 9.17) is 14.1 Å². The highest BCUT2D eigenvalue weighted by Crippen LogP contribution is 2.50. The third-order valence-electron chi connectivity index (χ3n) is 8.83. The maximum absolute atomic E-state index is 13.6. The zero-order valence-corrected chi connectivity index (χ0v) is 27.1. The normalized spacial score (nSPS) is 23.9. The van der Waals surface area contributed by atoms with Crippen LogP contribution in [0.2, 0.25) is 6.32 Å². The Balaban J connectivity index is 1.45. The van der Waals surface area contributed by atoms with E-state index in [0.29, 0.717) is 48.2 Å². The summed E-state index contributed by atoms with van der Waals surface area (Å²) in [6.45, 7) is 4.78. The smallest absolute Gasteiger partial charge is 0.455 e. The van der Waals surface area contributed by atoms with Crippen LogP contribution in [0, 0.1) is 21.3 Å². The van der Waals surface area contributed by atoms with Crippen molar-refractivity contribution in [3.63, 3.8) is 0 Å². The van der Waals surface area contributed by atoms with Gasteiger partial charge in [-0.2, -0.15) is 0 Å². The van der Waals surface area contributed by atoms with Crippen LogP contribution in [0.1, 0.15) is 51.5 Å². The van der Waals surface area contributed by atoms with E-state index in [-0.39, 0.29) is 29.8 Å². The predicted molar refractivity (Wildman–Crippen MR) is 174 cm³/mol. The molecule has 0 saturated carbocycles. The van der Waals surface area contributed by atoms with E-state index in [1.54, 1.807) is 0 Å². The van der Waals surface area contributed by atoms with Crippen molar-refractivity contribution in [3.05, 3.63) is 68.3 Å². The van der Waals surface area contributed by atoms with Crippen molar-refractivity contribution in [2.75, 3.05) is 20.3 Å². The summed E-state index contributed by atoms with van der Waals surface area (Å²) in [4.78, 5) is 28.5. The molecule has 2 aliphatic heterocycles. The molecule has 2 aromatic carbocycles. The molecule has 2 N–H and O–H groups in total. The lowest BCUT2D eigenvalue weighted by Gasteiger charge is -2.43. The van der Waals surface area contributed by atoms with Gasteiger partial charge in [0.15, 0.2) is 11.5 Å². The molecule has 2 fully saturated rings. The number of carbonyl (C=O) groups excluding carboxylic acids is 2. The monoisotopic (exact) mass is 699 g/mol. The molecule has 2 heterocycles. The average Bonchev–Trinajstić information content (AvgIpc) is 3.24. The summed E-state index contributed by atoms with van der Waals surface area (Å²) in [7, 11) is 0.515. The highest BCUT2D eigenvalue weighted by molar-refractivity contribution is 14.1. The lowest BCUT2D eigenvalue weighted by molar-refractivity contribution is -0.140. The first-order valence-corrected chi connectivity index (χ1v) is 16.2. The van der Waals surface area contributed by atoms with Crippen LogP contribution in [-0.2, 0) is 14.2 Å². The number of amides is 2. The van der Waals surface area contributed by atoms with Crippen molar-refractivity contribution in [2.24, 2.45) is 17.8 Å². The molecule has 1 aliphatic carbocycles. The zero-order chi connectivity index (χ0) is 30.7. The largest absolute Gasteiger partial charge is 0.504 e. The Bertz CT molecular complexity index is 1410. The summed E-state index contributed by atoms with van der Waals surface area (Å²) in [5, 5.41) is 21.1. The number of fused-ring (bicyclic) bond motifs is 3. The Morgan fingerprint density at radius 2 is 1.93 bits per heavy atom. The number of likely N-dealkylation sites (tertiary alicyclic amines) is 1. The zero-order valence-electron chi connectivity index (χ0n) is 24.9. The van der Waals surface area contributed by atoms with Gasteiger partial charge in [-0.25, -0.2) is 0 Å². The van der Waals surface area contributed by atoms with E-state index < -0.39 is 25.1 Å². The Morgan fingerprint density at radius 1 is 1.16 bits per heavy atom. The minimum atomic E-state index is -1.02. The van der Waals surface area contributed by atoms with Gasteiger partial charge in [0.25, 0.3) is 0 Å². The number of allylic oxidation sites excluding steroid dienone is 1. The van der Waals surface area contributed by atoms with Crippen LogP contribution in [0.3, 0.4) is 0 Å². The molecule has 0 unspecified atom stereocenters. The van der Waals surface area contributed by atoms with Gasteiger partial charge in [-0.15, -0.1) is 0 Å². The molecule has 10 heteroatoms. The number of methoxy groups -OCH3 is 1. The van der Waals surface area contributed by atoms with Crippen LogP contribution in [0.15, 0.2) is 59.2 Å². The van der Waals surface area contributed by atoms with Gasteiger partial charge in [0, 0.05) is 6.54 Å². The van der Waals surface area contributed by atoms with Crippen molar-refractivity contribution in [2.45, 2.75) is 58.4 Å². The third-order valence-corrected chi connectivity index (χ3v) is 9.65. The molecular formula is C33H39BINO7. The fourth-order valence-electron chi connectivity index (χ4n) is 6.83. The molecule has 0 radical (unpaired) electrons. The second-order valence-corrected chi connectivity index (χ2v) is 12.7. The van der Waals surface area contributed by atoms with E-state index in [2.05, 4.69) is 35.6 Å². The highest BCUT2D eigenvalue weighted by atomic mass is 127. The van der Waals surface area contributed by atoms with Gasteiger partial charge in [-0.05, 0) is 108 Å². The van der Waals surface area contributed by atoms with Crippen LogP contribution in [0.25, 0.3) is 6.08 Å². The molecular weight excluding hydrogens is 660 g/mol. The van der Waals surface area contributed by atoms with Gasteiger partial charge in [0.05, 0.1) is 28.6 Å². The van der Waals surface area contributed by atoms with E-state index in [9.17, 15) is 19.7 Å². The van der Waals surface area contributed by atoms with Crippen LogP contribution in [0.4, 0.5) is 0 Å². The number of carbonyl (C=O) groups is 2. The number of para-hydroxylation sites is 1. The molecule has 8 nitrogen and oxygen atoms in total. The van der Waals surface area contributed by atoms with Crippen LogP contribution < -0.4 is 9.47 Å². The van der Waals surface area contributed by atoms with Crippen LogP contribution in [0.5, 0.6) is 17.2 Å². The number of phenolic OH excluding ortho intramolecular Hbond substituents is 1. The van der Waals surface area contributed by atoms with Crippen molar-refractivity contribution in [1.29, 1.82) is 0 Å². The quantitative estimate of drug-likeness (QED) is 0.131. The van der Waals surface area contributed by atoms with E-state index in [0.717, 1.165) is 28.9 Å². The number of benzene rings is 2. The summed E-state index contributed by atoms with van der Waals surface area (Å²) in [6.07, 6.45) is 5.27. The number of aromatic hydroxyl groups is 1. The maximum Gasteiger partial charge on any atom is 0.455 e. The van der Waals surface area contributed by atoms with Crippen molar-refractivity contribution in [3.8, 4) is 17.2 Å². The second kappa shape index (κ2) is 13.9. The van der Waals surface area contributed by atoms with Crippen molar-refractivity contribution >= 4 is 47.6 Å². The third kappa shape index (κ3) is 6.66. The summed E-state index contributed by atoms with van der Waals surface area (Å²) in [5.74, 6) is -0.154. The van der Waals surface area contributed by atoms with Crippen molar-refractivity contribution < 1.29 is 33.8 Å². The molecule has 0 bridgehead atoms. The summed E-state index contributed by atoms with van der Waals surface area (Å²) < 4.78 is 18.4. The Hall–Kier alpha value is -2.83. The number of hydrogen-bond acceptors (Lipinski definition) is 7. The SMILES string of the molecule is CCCN1C(=O)[C@@H]2[C@@H](CC(COc3ccccc3)=C3[C@@H](CC/C(=C/c4cc(I)c(O)c(OC)c4)CC)OB(O)C[C@@H]32)C1=O. The number of hydrogen-bond donors (Lipinski definition) is 2. The number of rotatable bonds is 11. The molecule has 2 aromatic rings. The second-order valence-electron chi connectivity index (χ2n) is 11.5. The first-order chi connectivity index (χ1) is 20.7. The molecule has 5 rings (SSSR count). The predicted octanol–water partition coefficient (Wildman–Crippen LogP) is 5.87. The van der Waals surface area contributed by atoms with Gasteiger partial charge in [-0.3, -0.25) is 14.5 Å². The number of phenols is 1. The van der Waals surface area contributed by atoms with Crippen LogP contribution in [-0.4, -0.2) is 60.3 Å². The molecule has 0 spiro atoms. The van der Waals surface area contributed by atoms with E-state index in [1.807, 2.05) is 49.4 Å². The number of ether oxygens (including phenoxy) is 2. The van der Waals surface area contributed by atoms with E-state index in [1.165, 1.54) is 17.6 Å². The highest BCUT2D eigenvalue weighted by Gasteiger charge is 2.57. The number of halogens is 1. The van der Waals surface area contributed by atoms with Gasteiger partial charge >= 0.3 is 7.12 Å². The lowest BCUT2D eigenvalue weighted by Crippen LogP contribution is -2.46. The fourth-order valence-corrected chi connectivity index (χ4v) is 7.45. The standard InChI is InChI=1S/C33H39BINO7/c1-4-13-36-32(38)24-17-22(19-42-23-9-7-6-8-10-23)29-25(30(24)33(36)39)18-34(40)43-27(29)12-11-20(5-2)14-21-15-26(35)31(37)28(16-21)41-3/h6-10,14-16,24-25,27,30,37,40H,4-5,11-13,17-19H2,1-3H3/b20-14+/t24-,25+,27-,30-/m1/s1. The number of imide groups is 1. The Morgan fingerprint density at radius 3 is 2.63 bits per heavy atom. The fraction of sp³-hybridized carbons (Fsp3) is 0.455. The molecule has 2 amide bonds. The van der Waals surface area contributed by atoms with Gasteiger partial charge in [-0.1, -0.05) is 43.7 Å². The summed E-state index contributed by atoms with van der Waals surface area (Å²) in [5.41, 5.74) is 4.12. The Kier molecular flexibility index (Phi) is 10.2. The van der Waals surface area contributed by atoms with E-state index >= 15 is 0 Å². The molecule has 4 atom stereocenters. The first-order valence-electron chi connectivity index (χ1n) is 15.1. The first kappa shape index (κ1) is 31.6. The molecule has 2 saturated heterocycles. The molecule has 3 aliphatic rings. The maximum atomic E-state index is 13.6. The minimum Gasteiger partial charge on any atom is -0.504 e. The molecule has 43 heavy (non-hydrogen) atoms. The topological polar surface area (TPSA) is 106 Å². The van der Waals surface area contributed by atoms with Crippen molar-refractivity contribution in [1.82, 2.24) is 4.90 Å².